The number of carbonyl (C=O) groups excluding carboxylic acids is 1. The summed E-state index contributed by atoms with van der Waals surface area (Å²) >= 11 is 0. The van der Waals surface area contributed by atoms with Gasteiger partial charge in [-0.1, -0.05) is 13.3 Å². The van der Waals surface area contributed by atoms with Gasteiger partial charge in [-0.3, -0.25) is 9.48 Å². The van der Waals surface area contributed by atoms with Gasteiger partial charge in [0.15, 0.2) is 0 Å². The van der Waals surface area contributed by atoms with Crippen LogP contribution in [0, 0.1) is 19.3 Å². The number of halogens is 3. The van der Waals surface area contributed by atoms with E-state index in [-0.39, 0.29) is 30.4 Å². The van der Waals surface area contributed by atoms with Crippen molar-refractivity contribution in [2.45, 2.75) is 65.2 Å². The van der Waals surface area contributed by atoms with Gasteiger partial charge in [0.25, 0.3) is 0 Å². The normalized spacial score (nSPS) is 24.4. The third-order valence-electron chi connectivity index (χ3n) is 4.98. The van der Waals surface area contributed by atoms with Gasteiger partial charge >= 0.3 is 6.18 Å². The summed E-state index contributed by atoms with van der Waals surface area (Å²) in [5.41, 5.74) is 0.986. The van der Waals surface area contributed by atoms with Gasteiger partial charge in [-0.2, -0.15) is 18.3 Å². The number of rotatable bonds is 5. The van der Waals surface area contributed by atoms with E-state index < -0.39 is 12.7 Å². The molecule has 0 spiro atoms. The Bertz CT molecular complexity index is 612. The lowest BCUT2D eigenvalue weighted by Crippen LogP contribution is -2.45. The van der Waals surface area contributed by atoms with Crippen LogP contribution in [0.4, 0.5) is 13.2 Å². The standard InChI is InChI=1S/C16H24F3N3O2/c1-10-12(11(2)22(21-10)8-16(17,18)19)7-14(24)20-13-5-4-6-15(13,3)9-23/h13,23H,4-9H2,1-3H3,(H,20,24). The highest BCUT2D eigenvalue weighted by atomic mass is 19.4. The molecule has 0 aromatic carbocycles. The van der Waals surface area contributed by atoms with E-state index in [0.717, 1.165) is 23.9 Å². The van der Waals surface area contributed by atoms with Crippen LogP contribution >= 0.6 is 0 Å². The number of aliphatic hydroxyl groups excluding tert-OH is 1. The van der Waals surface area contributed by atoms with Crippen LogP contribution in [0.25, 0.3) is 0 Å². The Hall–Kier alpha value is -1.57. The Kier molecular flexibility index (Phi) is 5.27. The molecule has 2 unspecified atom stereocenters. The first kappa shape index (κ1) is 18.8. The molecule has 1 aliphatic carbocycles. The molecule has 1 heterocycles. The fourth-order valence-electron chi connectivity index (χ4n) is 3.39. The van der Waals surface area contributed by atoms with Gasteiger partial charge in [0.2, 0.25) is 5.91 Å². The summed E-state index contributed by atoms with van der Waals surface area (Å²) < 4.78 is 38.6. The van der Waals surface area contributed by atoms with Crippen LogP contribution in [-0.4, -0.2) is 39.6 Å². The van der Waals surface area contributed by atoms with E-state index in [1.807, 2.05) is 6.92 Å². The van der Waals surface area contributed by atoms with Crippen molar-refractivity contribution in [1.29, 1.82) is 0 Å². The number of aromatic nitrogens is 2. The number of hydrogen-bond acceptors (Lipinski definition) is 3. The predicted octanol–water partition coefficient (Wildman–Crippen LogP) is 2.27. The number of nitrogens with one attached hydrogen (secondary N) is 1. The quantitative estimate of drug-likeness (QED) is 0.859. The maximum absolute atomic E-state index is 12.6. The lowest BCUT2D eigenvalue weighted by molar-refractivity contribution is -0.143. The molecule has 1 aromatic rings. The van der Waals surface area contributed by atoms with E-state index in [1.54, 1.807) is 13.8 Å². The number of hydrogen-bond donors (Lipinski definition) is 2. The van der Waals surface area contributed by atoms with Crippen molar-refractivity contribution in [3.63, 3.8) is 0 Å². The zero-order chi connectivity index (χ0) is 18.1. The number of aliphatic hydroxyl groups is 1. The molecule has 136 valence electrons. The molecule has 1 aromatic heterocycles. The molecule has 8 heteroatoms. The van der Waals surface area contributed by atoms with E-state index in [2.05, 4.69) is 10.4 Å². The monoisotopic (exact) mass is 347 g/mol. The SMILES string of the molecule is Cc1nn(CC(F)(F)F)c(C)c1CC(=O)NC1CCCC1(C)CO. The molecule has 24 heavy (non-hydrogen) atoms. The first-order valence-electron chi connectivity index (χ1n) is 8.05. The van der Waals surface area contributed by atoms with Crippen molar-refractivity contribution < 1.29 is 23.1 Å². The molecule has 1 amide bonds. The number of amides is 1. The molecule has 2 rings (SSSR count). The van der Waals surface area contributed by atoms with Gasteiger partial charge in [0.1, 0.15) is 6.54 Å². The van der Waals surface area contributed by atoms with E-state index in [1.165, 1.54) is 0 Å². The molecule has 1 saturated carbocycles. The molecule has 0 bridgehead atoms. The topological polar surface area (TPSA) is 67.2 Å². The van der Waals surface area contributed by atoms with Crippen LogP contribution in [0.3, 0.4) is 0 Å². The minimum absolute atomic E-state index is 0.000479. The number of alkyl halides is 3. The van der Waals surface area contributed by atoms with Crippen molar-refractivity contribution in [2.24, 2.45) is 5.41 Å². The van der Waals surface area contributed by atoms with Crippen LogP contribution in [0.1, 0.15) is 43.1 Å². The van der Waals surface area contributed by atoms with E-state index in [4.69, 9.17) is 0 Å². The molecule has 0 saturated heterocycles. The van der Waals surface area contributed by atoms with Crippen molar-refractivity contribution in [2.75, 3.05) is 6.61 Å². The summed E-state index contributed by atoms with van der Waals surface area (Å²) in [7, 11) is 0. The fraction of sp³-hybridized carbons (Fsp3) is 0.750. The molecule has 5 nitrogen and oxygen atoms in total. The average Bonchev–Trinajstić information content (AvgIpc) is 2.94. The van der Waals surface area contributed by atoms with Crippen LogP contribution in [0.2, 0.25) is 0 Å². The van der Waals surface area contributed by atoms with Crippen molar-refractivity contribution in [3.05, 3.63) is 17.0 Å². The second kappa shape index (κ2) is 6.74. The van der Waals surface area contributed by atoms with Crippen molar-refractivity contribution >= 4 is 5.91 Å². The van der Waals surface area contributed by atoms with Crippen molar-refractivity contribution in [3.8, 4) is 0 Å². The Morgan fingerprint density at radius 3 is 2.71 bits per heavy atom. The summed E-state index contributed by atoms with van der Waals surface area (Å²) in [5, 5.41) is 16.4. The molecule has 2 atom stereocenters. The van der Waals surface area contributed by atoms with Crippen molar-refractivity contribution in [1.82, 2.24) is 15.1 Å². The second-order valence-electron chi connectivity index (χ2n) is 6.92. The van der Waals surface area contributed by atoms with Gasteiger partial charge in [-0.15, -0.1) is 0 Å². The Morgan fingerprint density at radius 2 is 2.12 bits per heavy atom. The van der Waals surface area contributed by atoms with Crippen LogP contribution in [0.15, 0.2) is 0 Å². The largest absolute Gasteiger partial charge is 0.408 e. The van der Waals surface area contributed by atoms with Gasteiger partial charge < -0.3 is 10.4 Å². The maximum atomic E-state index is 12.6. The molecule has 2 N–H and O–H groups in total. The summed E-state index contributed by atoms with van der Waals surface area (Å²) in [6, 6.07) is -0.110. The second-order valence-corrected chi connectivity index (χ2v) is 6.92. The Morgan fingerprint density at radius 1 is 1.46 bits per heavy atom. The lowest BCUT2D eigenvalue weighted by atomic mass is 9.85. The third-order valence-corrected chi connectivity index (χ3v) is 4.98. The highest BCUT2D eigenvalue weighted by Crippen LogP contribution is 2.37. The lowest BCUT2D eigenvalue weighted by Gasteiger charge is -2.30. The number of nitrogens with zero attached hydrogens (tertiary/aromatic N) is 2. The fourth-order valence-corrected chi connectivity index (χ4v) is 3.39. The summed E-state index contributed by atoms with van der Waals surface area (Å²) in [4.78, 5) is 12.3. The minimum Gasteiger partial charge on any atom is -0.396 e. The van der Waals surface area contributed by atoms with Gasteiger partial charge in [0, 0.05) is 22.7 Å². The third kappa shape index (κ3) is 4.09. The van der Waals surface area contributed by atoms with E-state index in [9.17, 15) is 23.1 Å². The van der Waals surface area contributed by atoms with E-state index in [0.29, 0.717) is 17.0 Å². The van der Waals surface area contributed by atoms with Gasteiger partial charge in [-0.05, 0) is 26.7 Å². The van der Waals surface area contributed by atoms with Crippen LogP contribution in [-0.2, 0) is 17.8 Å². The molecular formula is C16H24F3N3O2. The average molecular weight is 347 g/mol. The zero-order valence-electron chi connectivity index (χ0n) is 14.2. The van der Waals surface area contributed by atoms with Crippen LogP contribution < -0.4 is 5.32 Å². The molecule has 1 aliphatic rings. The van der Waals surface area contributed by atoms with Crippen LogP contribution in [0.5, 0.6) is 0 Å². The van der Waals surface area contributed by atoms with E-state index >= 15 is 0 Å². The molecule has 0 radical (unpaired) electrons. The first-order chi connectivity index (χ1) is 11.1. The molecule has 0 aliphatic heterocycles. The molecule has 1 fully saturated rings. The first-order valence-corrected chi connectivity index (χ1v) is 8.05. The maximum Gasteiger partial charge on any atom is 0.408 e. The van der Waals surface area contributed by atoms with Gasteiger partial charge in [0.05, 0.1) is 18.7 Å². The minimum atomic E-state index is -4.35. The summed E-state index contributed by atoms with van der Waals surface area (Å²) in [6.07, 6.45) is -1.78. The number of aryl methyl sites for hydroxylation is 1. The smallest absolute Gasteiger partial charge is 0.396 e. The number of carbonyl (C=O) groups is 1. The summed E-state index contributed by atoms with van der Waals surface area (Å²) in [5.74, 6) is -0.251. The predicted molar refractivity (Wildman–Crippen MR) is 82.4 cm³/mol. The summed E-state index contributed by atoms with van der Waals surface area (Å²) in [6.45, 7) is 3.92. The van der Waals surface area contributed by atoms with Gasteiger partial charge in [-0.25, -0.2) is 0 Å². The highest BCUT2D eigenvalue weighted by Gasteiger charge is 2.39. The highest BCUT2D eigenvalue weighted by molar-refractivity contribution is 5.79. The Balaban J connectivity index is 2.07. The zero-order valence-corrected chi connectivity index (χ0v) is 14.2. The molecular weight excluding hydrogens is 323 g/mol. The Labute approximate surface area is 139 Å².